The van der Waals surface area contributed by atoms with Crippen molar-refractivity contribution in [2.24, 2.45) is 5.73 Å². The Morgan fingerprint density at radius 2 is 2.05 bits per heavy atom. The Balaban J connectivity index is 2.16. The Labute approximate surface area is 124 Å². The first kappa shape index (κ1) is 15.6. The summed E-state index contributed by atoms with van der Waals surface area (Å²) < 4.78 is 16.0. The number of hydrogen-bond donors (Lipinski definition) is 1. The predicted octanol–water partition coefficient (Wildman–Crippen LogP) is 2.23. The summed E-state index contributed by atoms with van der Waals surface area (Å²) in [4.78, 5) is 4.38. The third kappa shape index (κ3) is 4.10. The average Bonchev–Trinajstić information content (AvgIpc) is 3.00. The van der Waals surface area contributed by atoms with Crippen LogP contribution in [0.3, 0.4) is 0 Å². The summed E-state index contributed by atoms with van der Waals surface area (Å²) >= 11 is 0. The quantitative estimate of drug-likeness (QED) is 0.803. The zero-order valence-electron chi connectivity index (χ0n) is 12.4. The molecule has 1 heterocycles. The molecule has 2 rings (SSSR count). The van der Waals surface area contributed by atoms with Gasteiger partial charge in [-0.25, -0.2) is 0 Å². The maximum absolute atomic E-state index is 5.99. The number of rotatable bonds is 8. The lowest BCUT2D eigenvalue weighted by molar-refractivity contribution is 0.0833. The van der Waals surface area contributed by atoms with Crippen LogP contribution in [0.1, 0.15) is 42.8 Å². The van der Waals surface area contributed by atoms with E-state index in [0.717, 1.165) is 5.56 Å². The molecule has 114 valence electrons. The monoisotopic (exact) mass is 291 g/mol. The molecule has 6 heteroatoms. The van der Waals surface area contributed by atoms with Crippen molar-refractivity contribution >= 4 is 0 Å². The first-order chi connectivity index (χ1) is 10.3. The van der Waals surface area contributed by atoms with E-state index < -0.39 is 0 Å². The molecule has 6 nitrogen and oxygen atoms in total. The molecular formula is C15H21N3O3. The Morgan fingerprint density at radius 1 is 1.29 bits per heavy atom. The highest BCUT2D eigenvalue weighted by Crippen LogP contribution is 2.24. The minimum Gasteiger partial charge on any atom is -0.385 e. The van der Waals surface area contributed by atoms with Crippen LogP contribution in [0.25, 0.3) is 0 Å². The van der Waals surface area contributed by atoms with Crippen molar-refractivity contribution in [2.75, 3.05) is 20.3 Å². The van der Waals surface area contributed by atoms with Gasteiger partial charge in [-0.15, -0.1) is 0 Å². The van der Waals surface area contributed by atoms with Crippen molar-refractivity contribution in [3.63, 3.8) is 0 Å². The smallest absolute Gasteiger partial charge is 0.243 e. The molecule has 0 saturated carbocycles. The molecule has 0 amide bonds. The number of methoxy groups -OCH3 is 1. The van der Waals surface area contributed by atoms with Crippen molar-refractivity contribution in [1.82, 2.24) is 10.1 Å². The minimum absolute atomic E-state index is 0.329. The van der Waals surface area contributed by atoms with Crippen LogP contribution >= 0.6 is 0 Å². The van der Waals surface area contributed by atoms with Crippen LogP contribution < -0.4 is 5.73 Å². The first-order valence-corrected chi connectivity index (χ1v) is 7.00. The number of aromatic nitrogens is 2. The lowest BCUT2D eigenvalue weighted by Gasteiger charge is -2.13. The molecule has 0 aliphatic heterocycles. The maximum atomic E-state index is 5.99. The molecule has 0 aliphatic carbocycles. The van der Waals surface area contributed by atoms with Crippen molar-refractivity contribution < 1.29 is 14.0 Å². The number of nitrogens with two attached hydrogens (primary N) is 1. The van der Waals surface area contributed by atoms with Gasteiger partial charge in [0.25, 0.3) is 0 Å². The van der Waals surface area contributed by atoms with E-state index in [2.05, 4.69) is 10.1 Å². The normalized spacial score (nSPS) is 14.0. The Bertz CT molecular complexity index is 530. The molecule has 0 aliphatic rings. The second-order valence-corrected chi connectivity index (χ2v) is 4.62. The van der Waals surface area contributed by atoms with Gasteiger partial charge in [-0.2, -0.15) is 4.98 Å². The molecule has 21 heavy (non-hydrogen) atoms. The fourth-order valence-electron chi connectivity index (χ4n) is 1.99. The van der Waals surface area contributed by atoms with Crippen molar-refractivity contribution in [3.8, 4) is 0 Å². The molecule has 2 atom stereocenters. The largest absolute Gasteiger partial charge is 0.385 e. The standard InChI is InChI=1S/C15H21N3O3/c1-3-20-13(11-7-5-4-6-8-11)14-17-15(21-18-14)12(16)9-10-19-2/h4-8,12-13H,3,9-10,16H2,1-2H3. The average molecular weight is 291 g/mol. The van der Waals surface area contributed by atoms with E-state index in [1.54, 1.807) is 7.11 Å². The summed E-state index contributed by atoms with van der Waals surface area (Å²) in [6, 6.07) is 9.47. The molecule has 0 spiro atoms. The summed E-state index contributed by atoms with van der Waals surface area (Å²) in [5.41, 5.74) is 6.97. The van der Waals surface area contributed by atoms with Gasteiger partial charge in [-0.1, -0.05) is 35.5 Å². The lowest BCUT2D eigenvalue weighted by Crippen LogP contribution is -2.14. The predicted molar refractivity (Wildman–Crippen MR) is 77.6 cm³/mol. The molecule has 0 bridgehead atoms. The Kier molecular flexibility index (Phi) is 5.86. The van der Waals surface area contributed by atoms with Crippen LogP contribution in [0, 0.1) is 0 Å². The zero-order chi connectivity index (χ0) is 15.1. The highest BCUT2D eigenvalue weighted by molar-refractivity contribution is 5.22. The van der Waals surface area contributed by atoms with Gasteiger partial charge in [0.05, 0.1) is 6.04 Å². The van der Waals surface area contributed by atoms with E-state index >= 15 is 0 Å². The van der Waals surface area contributed by atoms with Gasteiger partial charge in [0, 0.05) is 20.3 Å². The summed E-state index contributed by atoms with van der Waals surface area (Å²) in [7, 11) is 1.63. The first-order valence-electron chi connectivity index (χ1n) is 7.00. The van der Waals surface area contributed by atoms with Gasteiger partial charge in [-0.3, -0.25) is 0 Å². The Hall–Kier alpha value is -1.76. The number of ether oxygens (including phenoxy) is 2. The lowest BCUT2D eigenvalue weighted by atomic mass is 10.1. The van der Waals surface area contributed by atoms with Gasteiger partial charge < -0.3 is 19.7 Å². The third-order valence-electron chi connectivity index (χ3n) is 3.08. The molecular weight excluding hydrogens is 270 g/mol. The topological polar surface area (TPSA) is 83.4 Å². The van der Waals surface area contributed by atoms with E-state index in [9.17, 15) is 0 Å². The fraction of sp³-hybridized carbons (Fsp3) is 0.467. The summed E-state index contributed by atoms with van der Waals surface area (Å²) in [6.07, 6.45) is 0.284. The van der Waals surface area contributed by atoms with Crippen LogP contribution in [0.4, 0.5) is 0 Å². The maximum Gasteiger partial charge on any atom is 0.243 e. The van der Waals surface area contributed by atoms with E-state index in [1.165, 1.54) is 0 Å². The highest BCUT2D eigenvalue weighted by atomic mass is 16.5. The highest BCUT2D eigenvalue weighted by Gasteiger charge is 2.22. The van der Waals surface area contributed by atoms with Crippen molar-refractivity contribution in [1.29, 1.82) is 0 Å². The SMILES string of the molecule is CCOC(c1ccccc1)c1noc(C(N)CCOC)n1. The summed E-state index contributed by atoms with van der Waals surface area (Å²) in [6.45, 7) is 3.03. The minimum atomic E-state index is -0.344. The number of hydrogen-bond acceptors (Lipinski definition) is 6. The van der Waals surface area contributed by atoms with Gasteiger partial charge >= 0.3 is 0 Å². The molecule has 2 unspecified atom stereocenters. The second kappa shape index (κ2) is 7.87. The van der Waals surface area contributed by atoms with Gasteiger partial charge in [-0.05, 0) is 18.9 Å². The molecule has 2 N–H and O–H groups in total. The van der Waals surface area contributed by atoms with Crippen LogP contribution in [-0.4, -0.2) is 30.5 Å². The van der Waals surface area contributed by atoms with E-state index in [0.29, 0.717) is 31.3 Å². The molecule has 1 aromatic carbocycles. The van der Waals surface area contributed by atoms with Gasteiger partial charge in [0.2, 0.25) is 11.7 Å². The summed E-state index contributed by atoms with van der Waals surface area (Å²) in [5, 5.41) is 4.01. The molecule has 2 aromatic rings. The van der Waals surface area contributed by atoms with Gasteiger partial charge in [0.1, 0.15) is 6.10 Å². The molecule has 1 aromatic heterocycles. The summed E-state index contributed by atoms with van der Waals surface area (Å²) in [5.74, 6) is 0.897. The van der Waals surface area contributed by atoms with Crippen LogP contribution in [0.2, 0.25) is 0 Å². The molecule has 0 fully saturated rings. The number of nitrogens with zero attached hydrogens (tertiary/aromatic N) is 2. The van der Waals surface area contributed by atoms with Crippen molar-refractivity contribution in [3.05, 3.63) is 47.6 Å². The van der Waals surface area contributed by atoms with Crippen LogP contribution in [0.5, 0.6) is 0 Å². The van der Waals surface area contributed by atoms with Crippen LogP contribution in [-0.2, 0) is 9.47 Å². The van der Waals surface area contributed by atoms with Crippen LogP contribution in [0.15, 0.2) is 34.9 Å². The fourth-order valence-corrected chi connectivity index (χ4v) is 1.99. The number of benzene rings is 1. The Morgan fingerprint density at radius 3 is 2.71 bits per heavy atom. The van der Waals surface area contributed by atoms with Gasteiger partial charge in [0.15, 0.2) is 0 Å². The zero-order valence-corrected chi connectivity index (χ0v) is 12.4. The third-order valence-corrected chi connectivity index (χ3v) is 3.08. The molecule has 0 radical (unpaired) electrons. The van der Waals surface area contributed by atoms with E-state index in [4.69, 9.17) is 19.7 Å². The second-order valence-electron chi connectivity index (χ2n) is 4.62. The molecule has 0 saturated heterocycles. The van der Waals surface area contributed by atoms with E-state index in [1.807, 2.05) is 37.3 Å². The van der Waals surface area contributed by atoms with E-state index in [-0.39, 0.29) is 12.1 Å². The van der Waals surface area contributed by atoms with Crippen molar-refractivity contribution in [2.45, 2.75) is 25.5 Å².